The minimum Gasteiger partial charge on any atom is -0.497 e. The molecule has 3 aromatic carbocycles. The van der Waals surface area contributed by atoms with Gasteiger partial charge in [-0.2, -0.15) is 0 Å². The van der Waals surface area contributed by atoms with Crippen LogP contribution >= 0.6 is 0 Å². The number of ether oxygens (including phenoxy) is 2. The Morgan fingerprint density at radius 1 is 1.00 bits per heavy atom. The maximum Gasteiger partial charge on any atom is 0.264 e. The molecule has 1 saturated heterocycles. The molecule has 7 atom stereocenters. The number of methoxy groups -OCH3 is 1. The summed E-state index contributed by atoms with van der Waals surface area (Å²) in [6.45, 7) is 2.04. The lowest BCUT2D eigenvalue weighted by Crippen LogP contribution is -2.60. The Balaban J connectivity index is 1.29. The number of carbonyl (C=O) groups excluding carboxylic acids is 3. The molecule has 1 fully saturated rings. The molecule has 0 saturated carbocycles. The molecule has 0 bridgehead atoms. The molecule has 0 unspecified atom stereocenters. The Morgan fingerprint density at radius 3 is 2.37 bits per heavy atom. The number of nitrogens with one attached hydrogen (secondary N) is 1. The molecule has 14 nitrogen and oxygen atoms in total. The number of hydrogen-bond acceptors (Lipinski definition) is 11. The molecule has 2 aliphatic heterocycles. The zero-order valence-corrected chi connectivity index (χ0v) is 28.2. The van der Waals surface area contributed by atoms with Gasteiger partial charge in [0.05, 0.1) is 25.9 Å². The molecule has 7 N–H and O–H groups in total. The van der Waals surface area contributed by atoms with Crippen LogP contribution in [0.3, 0.4) is 0 Å². The summed E-state index contributed by atoms with van der Waals surface area (Å²) in [5.41, 5.74) is 0.674. The van der Waals surface area contributed by atoms with Crippen LogP contribution in [0.25, 0.3) is 0 Å². The standard InChI is InChI=1S/C37H43N3O11/c1-22(7-6-10-29(42)39(17-18-41)20-23-8-4-3-5-9-23)37(49)27-19-26(50-2)15-16-28(27)40(36(37)48)21-24-11-13-25(14-12-24)38-34(46)33-31(44)30(43)32(45)35(47)51-33/h3-9,11-16,19,22,30-33,35,41,43-45,47,49H,10,17-18,20-21H2,1-2H3,(H,38,46)/b7-6+/t22-,30-,31-,32+,33-,35+,37+/m0/s1. The van der Waals surface area contributed by atoms with Gasteiger partial charge < -0.3 is 55.2 Å². The van der Waals surface area contributed by atoms with Crippen LogP contribution in [0, 0.1) is 5.92 Å². The SMILES string of the molecule is COc1ccc2c(c1)[C@](O)([C@@H](C)/C=C/CC(=O)N(CCO)Cc1ccccc1)C(=O)N2Cc1ccc(NC(=O)[C@H]2O[C@@H](O)[C@H](O)[C@@H](O)[C@@H]2O)cc1. The smallest absolute Gasteiger partial charge is 0.264 e. The summed E-state index contributed by atoms with van der Waals surface area (Å²) in [6.07, 6.45) is -5.62. The van der Waals surface area contributed by atoms with E-state index < -0.39 is 54.0 Å². The highest BCUT2D eigenvalue weighted by molar-refractivity contribution is 6.07. The second-order valence-corrected chi connectivity index (χ2v) is 12.6. The van der Waals surface area contributed by atoms with Crippen LogP contribution in [0.4, 0.5) is 11.4 Å². The summed E-state index contributed by atoms with van der Waals surface area (Å²) in [7, 11) is 1.48. The van der Waals surface area contributed by atoms with E-state index in [1.54, 1.807) is 66.4 Å². The third-order valence-corrected chi connectivity index (χ3v) is 9.20. The third kappa shape index (κ3) is 7.97. The van der Waals surface area contributed by atoms with Crippen molar-refractivity contribution in [3.63, 3.8) is 0 Å². The number of carbonyl (C=O) groups is 3. The predicted octanol–water partition coefficient (Wildman–Crippen LogP) is 0.772. The minimum atomic E-state index is -1.99. The van der Waals surface area contributed by atoms with E-state index in [2.05, 4.69) is 5.32 Å². The summed E-state index contributed by atoms with van der Waals surface area (Å²) in [5, 5.41) is 63.6. The summed E-state index contributed by atoms with van der Waals surface area (Å²) in [4.78, 5) is 42.9. The summed E-state index contributed by atoms with van der Waals surface area (Å²) in [5.74, 6) is -1.98. The minimum absolute atomic E-state index is 0.00599. The maximum absolute atomic E-state index is 14.1. The number of nitrogens with zero attached hydrogens (tertiary/aromatic N) is 2. The van der Waals surface area contributed by atoms with E-state index in [4.69, 9.17) is 9.47 Å². The molecule has 0 aliphatic carbocycles. The largest absolute Gasteiger partial charge is 0.497 e. The van der Waals surface area contributed by atoms with Crippen molar-refractivity contribution in [2.45, 2.75) is 62.7 Å². The molecular weight excluding hydrogens is 662 g/mol. The highest BCUT2D eigenvalue weighted by Gasteiger charge is 2.53. The van der Waals surface area contributed by atoms with Gasteiger partial charge >= 0.3 is 0 Å². The van der Waals surface area contributed by atoms with Crippen molar-refractivity contribution < 1.29 is 54.5 Å². The fourth-order valence-corrected chi connectivity index (χ4v) is 6.24. The number of fused-ring (bicyclic) bond motifs is 1. The van der Waals surface area contributed by atoms with E-state index in [1.165, 1.54) is 12.0 Å². The molecule has 2 aliphatic rings. The van der Waals surface area contributed by atoms with E-state index in [1.807, 2.05) is 30.3 Å². The lowest BCUT2D eigenvalue weighted by molar-refractivity contribution is -0.274. The van der Waals surface area contributed by atoms with Gasteiger partial charge in [-0.3, -0.25) is 14.4 Å². The van der Waals surface area contributed by atoms with Gasteiger partial charge in [0.2, 0.25) is 5.91 Å². The molecule has 14 heteroatoms. The quantitative estimate of drug-likeness (QED) is 0.124. The van der Waals surface area contributed by atoms with Gasteiger partial charge in [-0.25, -0.2) is 0 Å². The molecule has 2 heterocycles. The zero-order chi connectivity index (χ0) is 36.9. The van der Waals surface area contributed by atoms with Crippen molar-refractivity contribution in [1.82, 2.24) is 4.90 Å². The van der Waals surface area contributed by atoms with Crippen LogP contribution in [0.1, 0.15) is 30.0 Å². The van der Waals surface area contributed by atoms with E-state index in [-0.39, 0.29) is 32.0 Å². The molecule has 0 spiro atoms. The van der Waals surface area contributed by atoms with Crippen LogP contribution in [-0.2, 0) is 37.8 Å². The van der Waals surface area contributed by atoms with Gasteiger partial charge in [-0.1, -0.05) is 61.5 Å². The number of anilines is 2. The number of aliphatic hydroxyl groups excluding tert-OH is 5. The highest BCUT2D eigenvalue weighted by atomic mass is 16.6. The Bertz CT molecular complexity index is 1720. The monoisotopic (exact) mass is 705 g/mol. The maximum atomic E-state index is 14.1. The van der Waals surface area contributed by atoms with Crippen LogP contribution < -0.4 is 15.0 Å². The van der Waals surface area contributed by atoms with E-state index in [0.29, 0.717) is 34.8 Å². The van der Waals surface area contributed by atoms with Crippen molar-refractivity contribution in [3.05, 3.63) is 102 Å². The van der Waals surface area contributed by atoms with Crippen molar-refractivity contribution in [1.29, 1.82) is 0 Å². The van der Waals surface area contributed by atoms with E-state index in [0.717, 1.165) is 5.56 Å². The number of amides is 3. The molecule has 5 rings (SSSR count). The fourth-order valence-electron chi connectivity index (χ4n) is 6.24. The number of hydrogen-bond donors (Lipinski definition) is 7. The Hall–Kier alpha value is -4.67. The topological polar surface area (TPSA) is 210 Å². The van der Waals surface area contributed by atoms with Crippen molar-refractivity contribution in [2.24, 2.45) is 5.92 Å². The van der Waals surface area contributed by atoms with Crippen molar-refractivity contribution >= 4 is 29.1 Å². The average molecular weight is 706 g/mol. The fraction of sp³-hybridized carbons (Fsp3) is 0.378. The zero-order valence-electron chi connectivity index (χ0n) is 28.2. The van der Waals surface area contributed by atoms with Gasteiger partial charge in [0.15, 0.2) is 18.0 Å². The first-order chi connectivity index (χ1) is 24.4. The second-order valence-electron chi connectivity index (χ2n) is 12.6. The number of benzene rings is 3. The first kappa shape index (κ1) is 37.6. The molecule has 0 radical (unpaired) electrons. The molecular formula is C37H43N3O11. The van der Waals surface area contributed by atoms with Crippen molar-refractivity contribution in [3.8, 4) is 5.75 Å². The number of rotatable bonds is 13. The molecule has 272 valence electrons. The van der Waals surface area contributed by atoms with Crippen LogP contribution in [-0.4, -0.2) is 104 Å². The van der Waals surface area contributed by atoms with Gasteiger partial charge in [0.25, 0.3) is 11.8 Å². The molecule has 51 heavy (non-hydrogen) atoms. The second kappa shape index (κ2) is 16.1. The first-order valence-electron chi connectivity index (χ1n) is 16.5. The third-order valence-electron chi connectivity index (χ3n) is 9.20. The van der Waals surface area contributed by atoms with E-state index in [9.17, 15) is 45.0 Å². The number of aliphatic hydroxyl groups is 6. The first-order valence-corrected chi connectivity index (χ1v) is 16.5. The van der Waals surface area contributed by atoms with E-state index >= 15 is 0 Å². The van der Waals surface area contributed by atoms with Crippen LogP contribution in [0.15, 0.2) is 84.9 Å². The molecule has 0 aromatic heterocycles. The molecule has 3 aromatic rings. The summed E-state index contributed by atoms with van der Waals surface area (Å²) in [6, 6.07) is 20.8. The summed E-state index contributed by atoms with van der Waals surface area (Å²) < 4.78 is 10.4. The average Bonchev–Trinajstić information content (AvgIpc) is 3.34. The predicted molar refractivity (Wildman–Crippen MR) is 184 cm³/mol. The highest BCUT2D eigenvalue weighted by Crippen LogP contribution is 2.47. The van der Waals surface area contributed by atoms with Gasteiger partial charge in [0, 0.05) is 36.7 Å². The van der Waals surface area contributed by atoms with Crippen molar-refractivity contribution in [2.75, 3.05) is 30.5 Å². The van der Waals surface area contributed by atoms with Crippen LogP contribution in [0.2, 0.25) is 0 Å². The lowest BCUT2D eigenvalue weighted by Gasteiger charge is -2.37. The van der Waals surface area contributed by atoms with Gasteiger partial charge in [-0.15, -0.1) is 0 Å². The lowest BCUT2D eigenvalue weighted by atomic mass is 9.83. The normalized spacial score (nSPS) is 25.1. The Labute approximate surface area is 294 Å². The van der Waals surface area contributed by atoms with Gasteiger partial charge in [-0.05, 0) is 41.5 Å². The van der Waals surface area contributed by atoms with Crippen LogP contribution in [0.5, 0.6) is 5.75 Å². The Kier molecular flexibility index (Phi) is 11.9. The molecule has 3 amide bonds. The summed E-state index contributed by atoms with van der Waals surface area (Å²) >= 11 is 0. The van der Waals surface area contributed by atoms with Gasteiger partial charge in [0.1, 0.15) is 24.1 Å². The Morgan fingerprint density at radius 2 is 1.71 bits per heavy atom.